The second kappa shape index (κ2) is 7.66. The molecule has 1 N–H and O–H groups in total. The quantitative estimate of drug-likeness (QED) is 0.722. The van der Waals surface area contributed by atoms with Crippen LogP contribution in [0.5, 0.6) is 0 Å². The minimum Gasteiger partial charge on any atom is -0.316 e. The van der Waals surface area contributed by atoms with Gasteiger partial charge >= 0.3 is 0 Å². The summed E-state index contributed by atoms with van der Waals surface area (Å²) < 4.78 is 0. The first-order valence-electron chi connectivity index (χ1n) is 7.78. The van der Waals surface area contributed by atoms with Crippen LogP contribution in [0.4, 0.5) is 0 Å². The van der Waals surface area contributed by atoms with Crippen LogP contribution in [0.25, 0.3) is 0 Å². The smallest absolute Gasteiger partial charge is 0.0233 e. The molecule has 1 aromatic carbocycles. The Morgan fingerprint density at radius 1 is 1.11 bits per heavy atom. The molecule has 1 aliphatic rings. The maximum Gasteiger partial charge on any atom is 0.0233 e. The Morgan fingerprint density at radius 2 is 1.79 bits per heavy atom. The van der Waals surface area contributed by atoms with Gasteiger partial charge in [0.15, 0.2) is 0 Å². The second-order valence-corrected chi connectivity index (χ2v) is 5.82. The Balaban J connectivity index is 1.74. The van der Waals surface area contributed by atoms with E-state index in [4.69, 9.17) is 0 Å². The molecule has 19 heavy (non-hydrogen) atoms. The molecular formula is C17H28N2. The van der Waals surface area contributed by atoms with E-state index < -0.39 is 0 Å². The summed E-state index contributed by atoms with van der Waals surface area (Å²) in [6, 6.07) is 10.0. The van der Waals surface area contributed by atoms with Gasteiger partial charge in [-0.3, -0.25) is 4.90 Å². The van der Waals surface area contributed by atoms with Gasteiger partial charge in [-0.05, 0) is 56.9 Å². The van der Waals surface area contributed by atoms with Gasteiger partial charge in [0.05, 0.1) is 0 Å². The van der Waals surface area contributed by atoms with Crippen molar-refractivity contribution in [3.05, 3.63) is 35.4 Å². The van der Waals surface area contributed by atoms with E-state index in [1.807, 2.05) is 0 Å². The number of nitrogens with zero attached hydrogens (tertiary/aromatic N) is 1. The molecule has 0 heterocycles. The molecule has 0 aromatic heterocycles. The average Bonchev–Trinajstić information content (AvgIpc) is 2.34. The number of nitrogens with one attached hydrogen (secondary N) is 1. The third kappa shape index (κ3) is 4.63. The molecule has 0 atom stereocenters. The van der Waals surface area contributed by atoms with E-state index in [2.05, 4.69) is 48.5 Å². The average molecular weight is 260 g/mol. The molecule has 2 heteroatoms. The monoisotopic (exact) mass is 260 g/mol. The summed E-state index contributed by atoms with van der Waals surface area (Å²) in [5.74, 6) is 0. The fourth-order valence-electron chi connectivity index (χ4n) is 2.59. The highest BCUT2D eigenvalue weighted by atomic mass is 15.1. The predicted octanol–water partition coefficient (Wildman–Crippen LogP) is 3.21. The Kier molecular flexibility index (Phi) is 5.87. The highest BCUT2D eigenvalue weighted by molar-refractivity contribution is 5.22. The normalized spacial score (nSPS) is 15.7. The number of rotatable bonds is 8. The summed E-state index contributed by atoms with van der Waals surface area (Å²) in [6.45, 7) is 5.53. The zero-order chi connectivity index (χ0) is 13.5. The molecule has 1 aliphatic carbocycles. The van der Waals surface area contributed by atoms with E-state index in [0.29, 0.717) is 0 Å². The lowest BCUT2D eigenvalue weighted by atomic mass is 9.91. The molecule has 106 valence electrons. The SMILES string of the molecule is CCCNCCc1ccc(CN(C)C2CCC2)cc1. The number of hydrogen-bond donors (Lipinski definition) is 1. The standard InChI is InChI=1S/C17H28N2/c1-3-12-18-13-11-15-7-9-16(10-8-15)14-19(2)17-5-4-6-17/h7-10,17-18H,3-6,11-14H2,1-2H3. The van der Waals surface area contributed by atoms with E-state index in [1.54, 1.807) is 0 Å². The van der Waals surface area contributed by atoms with Crippen LogP contribution < -0.4 is 5.32 Å². The lowest BCUT2D eigenvalue weighted by Gasteiger charge is -2.34. The first-order chi connectivity index (χ1) is 9.29. The molecule has 0 spiro atoms. The van der Waals surface area contributed by atoms with E-state index in [9.17, 15) is 0 Å². The maximum absolute atomic E-state index is 3.45. The van der Waals surface area contributed by atoms with Gasteiger partial charge in [0.2, 0.25) is 0 Å². The number of hydrogen-bond acceptors (Lipinski definition) is 2. The molecular weight excluding hydrogens is 232 g/mol. The highest BCUT2D eigenvalue weighted by Gasteiger charge is 2.21. The van der Waals surface area contributed by atoms with Crippen molar-refractivity contribution in [2.24, 2.45) is 0 Å². The van der Waals surface area contributed by atoms with Gasteiger partial charge in [-0.15, -0.1) is 0 Å². The van der Waals surface area contributed by atoms with Crippen LogP contribution in [0.2, 0.25) is 0 Å². The van der Waals surface area contributed by atoms with Crippen LogP contribution in [0, 0.1) is 0 Å². The molecule has 1 fully saturated rings. The maximum atomic E-state index is 3.45. The van der Waals surface area contributed by atoms with Gasteiger partial charge in [-0.25, -0.2) is 0 Å². The van der Waals surface area contributed by atoms with Crippen molar-refractivity contribution in [2.75, 3.05) is 20.1 Å². The fourth-order valence-corrected chi connectivity index (χ4v) is 2.59. The van der Waals surface area contributed by atoms with E-state index in [0.717, 1.165) is 32.1 Å². The molecule has 0 bridgehead atoms. The molecule has 0 amide bonds. The van der Waals surface area contributed by atoms with Crippen molar-refractivity contribution in [1.82, 2.24) is 10.2 Å². The summed E-state index contributed by atoms with van der Waals surface area (Å²) >= 11 is 0. The first-order valence-corrected chi connectivity index (χ1v) is 7.78. The molecule has 0 unspecified atom stereocenters. The largest absolute Gasteiger partial charge is 0.316 e. The molecule has 2 rings (SSSR count). The van der Waals surface area contributed by atoms with Crippen molar-refractivity contribution >= 4 is 0 Å². The molecule has 0 radical (unpaired) electrons. The Morgan fingerprint density at radius 3 is 2.37 bits per heavy atom. The van der Waals surface area contributed by atoms with Crippen LogP contribution in [0.15, 0.2) is 24.3 Å². The van der Waals surface area contributed by atoms with Crippen LogP contribution >= 0.6 is 0 Å². The van der Waals surface area contributed by atoms with Gasteiger partial charge in [-0.1, -0.05) is 37.6 Å². The van der Waals surface area contributed by atoms with Crippen LogP contribution in [0.1, 0.15) is 43.7 Å². The number of benzene rings is 1. The Bertz CT molecular complexity index is 354. The minimum atomic E-state index is 0.831. The Labute approximate surface area is 118 Å². The molecule has 0 saturated heterocycles. The van der Waals surface area contributed by atoms with Crippen LogP contribution in [0.3, 0.4) is 0 Å². The summed E-state index contributed by atoms with van der Waals surface area (Å²) in [5, 5.41) is 3.45. The Hall–Kier alpha value is -0.860. The zero-order valence-electron chi connectivity index (χ0n) is 12.5. The zero-order valence-corrected chi connectivity index (χ0v) is 12.5. The third-order valence-corrected chi connectivity index (χ3v) is 4.17. The van der Waals surface area contributed by atoms with Crippen LogP contribution in [-0.2, 0) is 13.0 Å². The predicted molar refractivity (Wildman–Crippen MR) is 82.4 cm³/mol. The van der Waals surface area contributed by atoms with Gasteiger partial charge < -0.3 is 5.32 Å². The van der Waals surface area contributed by atoms with E-state index in [-0.39, 0.29) is 0 Å². The first kappa shape index (κ1) is 14.5. The van der Waals surface area contributed by atoms with Crippen molar-refractivity contribution in [1.29, 1.82) is 0 Å². The van der Waals surface area contributed by atoms with Crippen molar-refractivity contribution in [3.63, 3.8) is 0 Å². The van der Waals surface area contributed by atoms with Gasteiger partial charge in [0, 0.05) is 12.6 Å². The summed E-state index contributed by atoms with van der Waals surface area (Å²) in [7, 11) is 2.26. The molecule has 0 aliphatic heterocycles. The third-order valence-electron chi connectivity index (χ3n) is 4.17. The van der Waals surface area contributed by atoms with Crippen molar-refractivity contribution < 1.29 is 0 Å². The van der Waals surface area contributed by atoms with Gasteiger partial charge in [-0.2, -0.15) is 0 Å². The van der Waals surface area contributed by atoms with Crippen molar-refractivity contribution in [2.45, 2.75) is 51.6 Å². The van der Waals surface area contributed by atoms with E-state index in [1.165, 1.54) is 36.8 Å². The van der Waals surface area contributed by atoms with Gasteiger partial charge in [0.1, 0.15) is 0 Å². The molecule has 2 nitrogen and oxygen atoms in total. The summed E-state index contributed by atoms with van der Waals surface area (Å²) in [5.41, 5.74) is 2.89. The topological polar surface area (TPSA) is 15.3 Å². The van der Waals surface area contributed by atoms with E-state index >= 15 is 0 Å². The second-order valence-electron chi connectivity index (χ2n) is 5.82. The molecule has 1 saturated carbocycles. The minimum absolute atomic E-state index is 0.831. The van der Waals surface area contributed by atoms with Crippen LogP contribution in [-0.4, -0.2) is 31.1 Å². The summed E-state index contributed by atoms with van der Waals surface area (Å²) in [4.78, 5) is 2.50. The lowest BCUT2D eigenvalue weighted by molar-refractivity contribution is 0.152. The summed E-state index contributed by atoms with van der Waals surface area (Å²) in [6.07, 6.45) is 6.54. The molecule has 1 aromatic rings. The lowest BCUT2D eigenvalue weighted by Crippen LogP contribution is -2.36. The highest BCUT2D eigenvalue weighted by Crippen LogP contribution is 2.24. The van der Waals surface area contributed by atoms with Crippen molar-refractivity contribution in [3.8, 4) is 0 Å². The van der Waals surface area contributed by atoms with Gasteiger partial charge in [0.25, 0.3) is 0 Å². The fraction of sp³-hybridized carbons (Fsp3) is 0.647.